The summed E-state index contributed by atoms with van der Waals surface area (Å²) in [6.07, 6.45) is 2.06. The Kier molecular flexibility index (Phi) is 6.47. The normalized spacial score (nSPS) is 17.7. The van der Waals surface area contributed by atoms with Crippen molar-refractivity contribution >= 4 is 0 Å². The number of methoxy groups -OCH3 is 3. The first-order valence-corrected chi connectivity index (χ1v) is 9.16. The zero-order valence-electron chi connectivity index (χ0n) is 16.2. The maximum Gasteiger partial charge on any atom is 0.251 e. The zero-order chi connectivity index (χ0) is 19.2. The third-order valence-corrected chi connectivity index (χ3v) is 4.88. The Hall–Kier alpha value is -2.38. The lowest BCUT2D eigenvalue weighted by Crippen LogP contribution is -2.35. The molecule has 1 fully saturated rings. The van der Waals surface area contributed by atoms with Crippen LogP contribution in [0.5, 0.6) is 11.5 Å². The molecule has 0 aliphatic carbocycles. The molecule has 2 aromatic rings. The van der Waals surface area contributed by atoms with E-state index in [9.17, 15) is 4.79 Å². The molecule has 1 aromatic carbocycles. The van der Waals surface area contributed by atoms with Gasteiger partial charge in [0, 0.05) is 37.7 Å². The van der Waals surface area contributed by atoms with E-state index in [2.05, 4.69) is 20.9 Å². The maximum atomic E-state index is 12.0. The molecule has 1 aromatic heterocycles. The minimum Gasteiger partial charge on any atom is -0.493 e. The Morgan fingerprint density at radius 1 is 1.26 bits per heavy atom. The highest BCUT2D eigenvalue weighted by Crippen LogP contribution is 2.33. The molecular formula is C20H27N3O4. The number of likely N-dealkylation sites (tertiary alicyclic amines) is 1. The molecule has 0 spiro atoms. The van der Waals surface area contributed by atoms with Crippen LogP contribution in [0.3, 0.4) is 0 Å². The summed E-state index contributed by atoms with van der Waals surface area (Å²) >= 11 is 0. The molecule has 0 saturated carbocycles. The van der Waals surface area contributed by atoms with E-state index >= 15 is 0 Å². The molecule has 0 radical (unpaired) electrons. The van der Waals surface area contributed by atoms with E-state index in [1.54, 1.807) is 21.3 Å². The summed E-state index contributed by atoms with van der Waals surface area (Å²) in [6.45, 7) is 2.94. The standard InChI is InChI=1S/C20H27N3O4/c1-25-13-16-10-18(24)22-20(21-16)15-7-5-9-23(12-15)11-14-6-4-8-17(26-2)19(14)27-3/h4,6,8,10,15H,5,7,9,11-13H2,1-3H3,(H,21,22,24)/t15-/m1/s1. The zero-order valence-corrected chi connectivity index (χ0v) is 16.2. The molecule has 1 atom stereocenters. The summed E-state index contributed by atoms with van der Waals surface area (Å²) in [5.41, 5.74) is 1.63. The largest absolute Gasteiger partial charge is 0.493 e. The minimum absolute atomic E-state index is 0.126. The van der Waals surface area contributed by atoms with E-state index in [0.717, 1.165) is 55.4 Å². The number of piperidine rings is 1. The fourth-order valence-electron chi connectivity index (χ4n) is 3.69. The number of hydrogen-bond acceptors (Lipinski definition) is 6. The number of H-pyrrole nitrogens is 1. The number of nitrogens with zero attached hydrogens (tertiary/aromatic N) is 2. The quantitative estimate of drug-likeness (QED) is 0.803. The highest BCUT2D eigenvalue weighted by atomic mass is 16.5. The fourth-order valence-corrected chi connectivity index (χ4v) is 3.69. The third kappa shape index (κ3) is 4.67. The van der Waals surface area contributed by atoms with Gasteiger partial charge < -0.3 is 19.2 Å². The van der Waals surface area contributed by atoms with E-state index in [4.69, 9.17) is 14.2 Å². The van der Waals surface area contributed by atoms with Crippen LogP contribution in [0.25, 0.3) is 0 Å². The molecule has 7 nitrogen and oxygen atoms in total. The molecule has 1 aliphatic rings. The van der Waals surface area contributed by atoms with Crippen molar-refractivity contribution in [2.75, 3.05) is 34.4 Å². The Morgan fingerprint density at radius 3 is 2.85 bits per heavy atom. The van der Waals surface area contributed by atoms with Gasteiger partial charge in [-0.15, -0.1) is 0 Å². The van der Waals surface area contributed by atoms with Crippen molar-refractivity contribution in [2.24, 2.45) is 0 Å². The first-order chi connectivity index (χ1) is 13.1. The Balaban J connectivity index is 1.76. The maximum absolute atomic E-state index is 12.0. The van der Waals surface area contributed by atoms with Crippen LogP contribution in [0.4, 0.5) is 0 Å². The topological polar surface area (TPSA) is 76.7 Å². The molecule has 27 heavy (non-hydrogen) atoms. The van der Waals surface area contributed by atoms with Gasteiger partial charge in [-0.3, -0.25) is 9.69 Å². The second-order valence-electron chi connectivity index (χ2n) is 6.78. The molecule has 1 aliphatic heterocycles. The van der Waals surface area contributed by atoms with Crippen molar-refractivity contribution in [3.05, 3.63) is 51.7 Å². The summed E-state index contributed by atoms with van der Waals surface area (Å²) in [5.74, 6) is 2.45. The summed E-state index contributed by atoms with van der Waals surface area (Å²) < 4.78 is 16.1. The average molecular weight is 373 g/mol. The van der Waals surface area contributed by atoms with Crippen molar-refractivity contribution in [3.63, 3.8) is 0 Å². The van der Waals surface area contributed by atoms with E-state index < -0.39 is 0 Å². The number of aromatic amines is 1. The molecule has 0 amide bonds. The molecular weight excluding hydrogens is 346 g/mol. The number of rotatable bonds is 7. The van der Waals surface area contributed by atoms with Gasteiger partial charge in [-0.05, 0) is 25.5 Å². The molecule has 0 unspecified atom stereocenters. The molecule has 2 heterocycles. The molecule has 3 rings (SSSR count). The first kappa shape index (κ1) is 19.4. The van der Waals surface area contributed by atoms with Crippen LogP contribution >= 0.6 is 0 Å². The SMILES string of the molecule is COCc1cc(=O)[nH]c([C@@H]2CCCN(Cc3cccc(OC)c3OC)C2)n1. The molecule has 1 N–H and O–H groups in total. The number of hydrogen-bond donors (Lipinski definition) is 1. The van der Waals surface area contributed by atoms with Gasteiger partial charge >= 0.3 is 0 Å². The Bertz CT molecular complexity index is 821. The second-order valence-corrected chi connectivity index (χ2v) is 6.78. The van der Waals surface area contributed by atoms with E-state index in [0.29, 0.717) is 12.3 Å². The molecule has 0 bridgehead atoms. The van der Waals surface area contributed by atoms with E-state index in [-0.39, 0.29) is 11.5 Å². The van der Waals surface area contributed by atoms with Crippen molar-refractivity contribution in [2.45, 2.75) is 31.9 Å². The van der Waals surface area contributed by atoms with Crippen molar-refractivity contribution in [3.8, 4) is 11.5 Å². The summed E-state index contributed by atoms with van der Waals surface area (Å²) in [4.78, 5) is 21.8. The van der Waals surface area contributed by atoms with Crippen molar-refractivity contribution in [1.82, 2.24) is 14.9 Å². The van der Waals surface area contributed by atoms with Crippen molar-refractivity contribution in [1.29, 1.82) is 0 Å². The number of benzene rings is 1. The van der Waals surface area contributed by atoms with Gasteiger partial charge in [0.1, 0.15) is 5.82 Å². The van der Waals surface area contributed by atoms with Crippen LogP contribution in [0, 0.1) is 0 Å². The molecule has 7 heteroatoms. The van der Waals surface area contributed by atoms with Crippen LogP contribution in [0.15, 0.2) is 29.1 Å². The predicted molar refractivity (Wildman–Crippen MR) is 102 cm³/mol. The highest BCUT2D eigenvalue weighted by Gasteiger charge is 2.24. The van der Waals surface area contributed by atoms with Crippen LogP contribution < -0.4 is 15.0 Å². The smallest absolute Gasteiger partial charge is 0.251 e. The van der Waals surface area contributed by atoms with Crippen LogP contribution in [-0.2, 0) is 17.9 Å². The molecule has 1 saturated heterocycles. The Labute approximate surface area is 159 Å². The van der Waals surface area contributed by atoms with Gasteiger partial charge in [0.25, 0.3) is 5.56 Å². The van der Waals surface area contributed by atoms with Crippen LogP contribution in [0.1, 0.15) is 35.8 Å². The van der Waals surface area contributed by atoms with Gasteiger partial charge in [-0.2, -0.15) is 0 Å². The minimum atomic E-state index is -0.126. The predicted octanol–water partition coefficient (Wildman–Crippen LogP) is 2.31. The lowest BCUT2D eigenvalue weighted by Gasteiger charge is -2.32. The summed E-state index contributed by atoms with van der Waals surface area (Å²) in [6, 6.07) is 7.43. The number of para-hydroxylation sites is 1. The van der Waals surface area contributed by atoms with E-state index in [1.807, 2.05) is 12.1 Å². The van der Waals surface area contributed by atoms with Gasteiger partial charge in [0.05, 0.1) is 26.5 Å². The number of ether oxygens (including phenoxy) is 3. The summed E-state index contributed by atoms with van der Waals surface area (Å²) in [5, 5.41) is 0. The van der Waals surface area contributed by atoms with Crippen LogP contribution in [-0.4, -0.2) is 49.3 Å². The monoisotopic (exact) mass is 373 g/mol. The second kappa shape index (κ2) is 9.01. The Morgan fingerprint density at radius 2 is 2.11 bits per heavy atom. The van der Waals surface area contributed by atoms with Crippen LogP contribution in [0.2, 0.25) is 0 Å². The van der Waals surface area contributed by atoms with Crippen molar-refractivity contribution < 1.29 is 14.2 Å². The number of aromatic nitrogens is 2. The average Bonchev–Trinajstić information content (AvgIpc) is 2.68. The first-order valence-electron chi connectivity index (χ1n) is 9.16. The third-order valence-electron chi connectivity index (χ3n) is 4.88. The fraction of sp³-hybridized carbons (Fsp3) is 0.500. The highest BCUT2D eigenvalue weighted by molar-refractivity contribution is 5.46. The van der Waals surface area contributed by atoms with Gasteiger partial charge in [0.15, 0.2) is 11.5 Å². The lowest BCUT2D eigenvalue weighted by atomic mass is 9.96. The van der Waals surface area contributed by atoms with Gasteiger partial charge in [0.2, 0.25) is 0 Å². The summed E-state index contributed by atoms with van der Waals surface area (Å²) in [7, 11) is 4.91. The molecule has 146 valence electrons. The van der Waals surface area contributed by atoms with Gasteiger partial charge in [-0.1, -0.05) is 12.1 Å². The van der Waals surface area contributed by atoms with E-state index in [1.165, 1.54) is 6.07 Å². The van der Waals surface area contributed by atoms with Gasteiger partial charge in [-0.25, -0.2) is 4.98 Å². The number of nitrogens with one attached hydrogen (secondary N) is 1. The lowest BCUT2D eigenvalue weighted by molar-refractivity contribution is 0.178.